The number of aliphatic carboxylic acids is 2. The van der Waals surface area contributed by atoms with Gasteiger partial charge in [0.2, 0.25) is 0 Å². The van der Waals surface area contributed by atoms with E-state index in [1.165, 1.54) is 167 Å². The van der Waals surface area contributed by atoms with E-state index in [0.717, 1.165) is 25.7 Å². The van der Waals surface area contributed by atoms with Crippen molar-refractivity contribution in [3.05, 3.63) is 0 Å². The maximum absolute atomic E-state index is 10.3. The zero-order valence-corrected chi connectivity index (χ0v) is 27.3. The van der Waals surface area contributed by atoms with Crippen LogP contribution in [0, 0.1) is 0 Å². The van der Waals surface area contributed by atoms with Crippen molar-refractivity contribution in [2.75, 3.05) is 0 Å². The Balaban J connectivity index is -0.000000328. The average molecular weight is 639 g/mol. The van der Waals surface area contributed by atoms with Crippen LogP contribution in [0.25, 0.3) is 0 Å². The third-order valence-corrected chi connectivity index (χ3v) is 7.99. The van der Waals surface area contributed by atoms with Crippen molar-refractivity contribution in [1.82, 2.24) is 0 Å². The fraction of sp³-hybridized carbons (Fsp3) is 0.944. The van der Waals surface area contributed by atoms with Crippen LogP contribution in [-0.2, 0) is 9.59 Å². The quantitative estimate of drug-likeness (QED) is 0.0568. The third-order valence-electron chi connectivity index (χ3n) is 7.99. The summed E-state index contributed by atoms with van der Waals surface area (Å²) in [4.78, 5) is 20.7. The average Bonchev–Trinajstić information content (AvgIpc) is 2.93. The second-order valence-corrected chi connectivity index (χ2v) is 12.2. The molecule has 0 aliphatic rings. The standard InChI is InChI=1S/2C18H36O2.Al.K.4H/c2*1-2-3-4-5-6-7-8-9-10-11-12-13-14-15-16-17-18(19)20;;;;;;/h2*2-17H2,1H3,(H,19,20);;;;;;. The first-order valence-corrected chi connectivity index (χ1v) is 18.0. The van der Waals surface area contributed by atoms with E-state index >= 15 is 0 Å². The van der Waals surface area contributed by atoms with Gasteiger partial charge >= 0.3 is 63.3 Å². The van der Waals surface area contributed by atoms with Crippen molar-refractivity contribution in [2.24, 2.45) is 0 Å². The van der Waals surface area contributed by atoms with Gasteiger partial charge in [0, 0.05) is 12.8 Å². The summed E-state index contributed by atoms with van der Waals surface area (Å²) in [6.45, 7) is 4.54. The van der Waals surface area contributed by atoms with Crippen molar-refractivity contribution in [3.63, 3.8) is 0 Å². The van der Waals surface area contributed by atoms with Gasteiger partial charge in [0.25, 0.3) is 0 Å². The van der Waals surface area contributed by atoms with Gasteiger partial charge in [-0.2, -0.15) is 0 Å². The first kappa shape index (κ1) is 50.0. The summed E-state index contributed by atoms with van der Waals surface area (Å²) < 4.78 is 0. The molecule has 0 amide bonds. The fourth-order valence-corrected chi connectivity index (χ4v) is 5.30. The van der Waals surface area contributed by atoms with Crippen LogP contribution in [0.15, 0.2) is 0 Å². The van der Waals surface area contributed by atoms with Crippen LogP contribution in [0.5, 0.6) is 0 Å². The molecule has 0 atom stereocenters. The Morgan fingerprint density at radius 3 is 0.619 bits per heavy atom. The Kier molecular flexibility index (Phi) is 55.4. The number of carbonyl (C=O) groups is 2. The van der Waals surface area contributed by atoms with Gasteiger partial charge < -0.3 is 10.2 Å². The molecule has 248 valence electrons. The molecule has 0 bridgehead atoms. The Labute approximate surface area is 316 Å². The van der Waals surface area contributed by atoms with Crippen LogP contribution in [0.4, 0.5) is 0 Å². The molecule has 0 saturated carbocycles. The van der Waals surface area contributed by atoms with E-state index in [1.54, 1.807) is 0 Å². The van der Waals surface area contributed by atoms with E-state index in [-0.39, 0.29) is 68.7 Å². The van der Waals surface area contributed by atoms with E-state index in [2.05, 4.69) is 13.8 Å². The summed E-state index contributed by atoms with van der Waals surface area (Å²) in [5, 5.41) is 17.0. The van der Waals surface area contributed by atoms with Gasteiger partial charge in [-0.1, -0.05) is 194 Å². The minimum atomic E-state index is -0.653. The van der Waals surface area contributed by atoms with Gasteiger partial charge in [0.1, 0.15) is 0 Å². The molecule has 0 saturated heterocycles. The third kappa shape index (κ3) is 53.7. The molecule has 2 N–H and O–H groups in total. The number of carboxylic acids is 2. The van der Waals surface area contributed by atoms with Gasteiger partial charge in [0.05, 0.1) is 0 Å². The molecule has 0 spiro atoms. The van der Waals surface area contributed by atoms with Crippen molar-refractivity contribution in [1.29, 1.82) is 0 Å². The molecule has 0 aliphatic heterocycles. The minimum absolute atomic E-state index is 0. The summed E-state index contributed by atoms with van der Waals surface area (Å²) in [7, 11) is 0. The van der Waals surface area contributed by atoms with E-state index in [1.807, 2.05) is 0 Å². The van der Waals surface area contributed by atoms with Crippen molar-refractivity contribution in [2.45, 2.75) is 219 Å². The molecule has 4 nitrogen and oxygen atoms in total. The summed E-state index contributed by atoms with van der Waals surface area (Å²) in [5.74, 6) is -1.31. The number of rotatable bonds is 32. The molecular formula is C36H76AlKO4. The first-order chi connectivity index (χ1) is 19.5. The number of hydrogen-bond acceptors (Lipinski definition) is 2. The van der Waals surface area contributed by atoms with Crippen LogP contribution in [0.3, 0.4) is 0 Å². The summed E-state index contributed by atoms with van der Waals surface area (Å²) in [6, 6.07) is 0. The predicted octanol–water partition coefficient (Wildman–Crippen LogP) is 10.8. The Morgan fingerprint density at radius 1 is 0.333 bits per heavy atom. The summed E-state index contributed by atoms with van der Waals surface area (Å²) in [6.07, 6.45) is 40.4. The van der Waals surface area contributed by atoms with E-state index < -0.39 is 11.9 Å². The monoisotopic (exact) mass is 639 g/mol. The SMILES string of the molecule is CCCCCCCCCCCCCCCCCC(=O)O.CCCCCCCCCCCCCCCCCC(=O)O.[AlH3].[KH]. The summed E-state index contributed by atoms with van der Waals surface area (Å²) in [5.41, 5.74) is 0. The van der Waals surface area contributed by atoms with Crippen LogP contribution < -0.4 is 0 Å². The van der Waals surface area contributed by atoms with Gasteiger partial charge in [-0.3, -0.25) is 9.59 Å². The number of carboxylic acid groups (broad SMARTS) is 2. The Morgan fingerprint density at radius 2 is 0.476 bits per heavy atom. The van der Waals surface area contributed by atoms with E-state index in [0.29, 0.717) is 12.8 Å². The molecule has 0 aromatic carbocycles. The molecule has 42 heavy (non-hydrogen) atoms. The molecular weight excluding hydrogens is 562 g/mol. The Hall–Kier alpha value is 1.11. The molecule has 0 fully saturated rings. The normalized spacial score (nSPS) is 10.3. The van der Waals surface area contributed by atoms with Gasteiger partial charge in [0.15, 0.2) is 17.4 Å². The van der Waals surface area contributed by atoms with E-state index in [9.17, 15) is 9.59 Å². The molecule has 6 heteroatoms. The molecule has 0 rings (SSSR count). The maximum atomic E-state index is 10.3. The van der Waals surface area contributed by atoms with Crippen LogP contribution in [0.2, 0.25) is 0 Å². The van der Waals surface area contributed by atoms with Crippen LogP contribution >= 0.6 is 0 Å². The van der Waals surface area contributed by atoms with Gasteiger partial charge in [-0.05, 0) is 12.8 Å². The zero-order chi connectivity index (χ0) is 29.8. The van der Waals surface area contributed by atoms with Crippen molar-refractivity contribution in [3.8, 4) is 0 Å². The van der Waals surface area contributed by atoms with E-state index in [4.69, 9.17) is 10.2 Å². The molecule has 0 aromatic rings. The van der Waals surface area contributed by atoms with Crippen molar-refractivity contribution >= 4 is 80.7 Å². The van der Waals surface area contributed by atoms with Gasteiger partial charge in [-0.25, -0.2) is 0 Å². The predicted molar refractivity (Wildman–Crippen MR) is 191 cm³/mol. The molecule has 0 radical (unpaired) electrons. The second kappa shape index (κ2) is 46.5. The van der Waals surface area contributed by atoms with Crippen LogP contribution in [-0.4, -0.2) is 90.9 Å². The topological polar surface area (TPSA) is 74.6 Å². The Bertz CT molecular complexity index is 461. The van der Waals surface area contributed by atoms with Gasteiger partial charge in [-0.15, -0.1) is 0 Å². The second-order valence-electron chi connectivity index (χ2n) is 12.2. The first-order valence-electron chi connectivity index (χ1n) is 18.0. The molecule has 0 heterocycles. The van der Waals surface area contributed by atoms with Crippen molar-refractivity contribution < 1.29 is 19.8 Å². The fourth-order valence-electron chi connectivity index (χ4n) is 5.30. The number of hydrogen-bond donors (Lipinski definition) is 2. The molecule has 0 aromatic heterocycles. The summed E-state index contributed by atoms with van der Waals surface area (Å²) >= 11 is 0. The molecule has 0 unspecified atom stereocenters. The molecule has 0 aliphatic carbocycles. The zero-order valence-electron chi connectivity index (χ0n) is 27.3. The number of unbranched alkanes of at least 4 members (excludes halogenated alkanes) is 28. The van der Waals surface area contributed by atoms with Crippen LogP contribution in [0.1, 0.15) is 219 Å².